The highest BCUT2D eigenvalue weighted by molar-refractivity contribution is 6.32. The zero-order valence-corrected chi connectivity index (χ0v) is 17.5. The molecule has 9 heteroatoms. The highest BCUT2D eigenvalue weighted by Crippen LogP contribution is 2.36. The van der Waals surface area contributed by atoms with Gasteiger partial charge >= 0.3 is 0 Å². The number of amides is 2. The number of imidazole rings is 1. The quantitative estimate of drug-likeness (QED) is 0.481. The minimum atomic E-state index is -0.875. The van der Waals surface area contributed by atoms with Crippen LogP contribution in [0.5, 0.6) is 0 Å². The van der Waals surface area contributed by atoms with Gasteiger partial charge in [-0.2, -0.15) is 4.68 Å². The number of aromatic nitrogens is 4. The van der Waals surface area contributed by atoms with Crippen LogP contribution in [0.15, 0.2) is 47.3 Å². The first-order chi connectivity index (χ1) is 14.9. The van der Waals surface area contributed by atoms with Crippen LogP contribution in [0.3, 0.4) is 0 Å². The van der Waals surface area contributed by atoms with E-state index >= 15 is 0 Å². The third-order valence-electron chi connectivity index (χ3n) is 5.68. The summed E-state index contributed by atoms with van der Waals surface area (Å²) >= 11 is 6.18. The summed E-state index contributed by atoms with van der Waals surface area (Å²) in [6.07, 6.45) is -0.0845. The summed E-state index contributed by atoms with van der Waals surface area (Å²) in [7, 11) is 0. The lowest BCUT2D eigenvalue weighted by molar-refractivity contribution is -0.121. The van der Waals surface area contributed by atoms with Crippen LogP contribution >= 0.6 is 11.6 Å². The second-order valence-electron chi connectivity index (χ2n) is 7.58. The molecule has 1 unspecified atom stereocenters. The normalized spacial score (nSPS) is 16.6. The number of rotatable bonds is 3. The van der Waals surface area contributed by atoms with Gasteiger partial charge in [-0.15, -0.1) is 0 Å². The van der Waals surface area contributed by atoms with Crippen molar-refractivity contribution in [3.05, 3.63) is 74.7 Å². The zero-order valence-electron chi connectivity index (χ0n) is 16.8. The molecule has 0 bridgehead atoms. The van der Waals surface area contributed by atoms with Crippen molar-refractivity contribution < 1.29 is 9.59 Å². The number of para-hydroxylation sites is 2. The van der Waals surface area contributed by atoms with Crippen LogP contribution in [0.25, 0.3) is 17.0 Å². The van der Waals surface area contributed by atoms with Crippen molar-refractivity contribution >= 4 is 40.1 Å². The van der Waals surface area contributed by atoms with E-state index in [0.717, 1.165) is 10.4 Å². The summed E-state index contributed by atoms with van der Waals surface area (Å²) in [6.45, 7) is 3.46. The molecule has 0 saturated carbocycles. The summed E-state index contributed by atoms with van der Waals surface area (Å²) in [5.74, 6) is -1.36. The Morgan fingerprint density at radius 1 is 1.06 bits per heavy atom. The lowest BCUT2D eigenvalue weighted by Gasteiger charge is -2.18. The summed E-state index contributed by atoms with van der Waals surface area (Å²) in [6, 6.07) is 12.5. The number of aromatic amines is 2. The molecular weight excluding hydrogens is 418 g/mol. The van der Waals surface area contributed by atoms with Crippen LogP contribution in [0, 0.1) is 13.8 Å². The second-order valence-corrected chi connectivity index (χ2v) is 7.98. The van der Waals surface area contributed by atoms with Gasteiger partial charge in [0.1, 0.15) is 0 Å². The lowest BCUT2D eigenvalue weighted by atomic mass is 9.98. The van der Waals surface area contributed by atoms with E-state index in [4.69, 9.17) is 11.6 Å². The van der Waals surface area contributed by atoms with E-state index in [-0.39, 0.29) is 17.9 Å². The molecule has 156 valence electrons. The standard InChI is InChI=1S/C22H18ClN5O3/c1-11-14(23)6-5-9-17(11)27-18(29)10-13(20(27)30)19-12(2)26-28(21(19)31)22-24-15-7-3-4-8-16(15)25-22/h3-9,13,26H,10H2,1-2H3,(H,24,25). The van der Waals surface area contributed by atoms with E-state index < -0.39 is 17.4 Å². The van der Waals surface area contributed by atoms with Crippen LogP contribution in [-0.4, -0.2) is 31.6 Å². The lowest BCUT2D eigenvalue weighted by Crippen LogP contribution is -2.31. The van der Waals surface area contributed by atoms with Crippen LogP contribution in [0.4, 0.5) is 5.69 Å². The molecule has 8 nitrogen and oxygen atoms in total. The number of hydrogen-bond donors (Lipinski definition) is 2. The first-order valence-corrected chi connectivity index (χ1v) is 10.1. The van der Waals surface area contributed by atoms with Gasteiger partial charge in [0.05, 0.1) is 28.2 Å². The number of anilines is 1. The molecule has 1 aliphatic heterocycles. The molecule has 2 N–H and O–H groups in total. The number of fused-ring (bicyclic) bond motifs is 1. The van der Waals surface area contributed by atoms with Gasteiger partial charge in [-0.05, 0) is 43.7 Å². The largest absolute Gasteiger partial charge is 0.322 e. The van der Waals surface area contributed by atoms with Crippen molar-refractivity contribution in [3.63, 3.8) is 0 Å². The molecule has 1 aliphatic rings. The molecule has 4 aromatic rings. The first-order valence-electron chi connectivity index (χ1n) is 9.75. The van der Waals surface area contributed by atoms with Crippen molar-refractivity contribution in [2.24, 2.45) is 0 Å². The number of H-pyrrole nitrogens is 2. The van der Waals surface area contributed by atoms with Crippen molar-refractivity contribution in [2.75, 3.05) is 4.90 Å². The molecular formula is C22H18ClN5O3. The molecule has 1 saturated heterocycles. The number of carbonyl (C=O) groups is 2. The summed E-state index contributed by atoms with van der Waals surface area (Å²) in [5.41, 5.74) is 2.95. The van der Waals surface area contributed by atoms with E-state index in [1.165, 1.54) is 4.68 Å². The first kappa shape index (κ1) is 19.3. The van der Waals surface area contributed by atoms with Gasteiger partial charge in [0.2, 0.25) is 17.8 Å². The van der Waals surface area contributed by atoms with Crippen LogP contribution in [0.1, 0.15) is 29.2 Å². The number of benzene rings is 2. The molecule has 2 amide bonds. The predicted octanol–water partition coefficient (Wildman–Crippen LogP) is 3.36. The number of imide groups is 1. The third kappa shape index (κ3) is 2.90. The van der Waals surface area contributed by atoms with Crippen LogP contribution < -0.4 is 10.5 Å². The molecule has 31 heavy (non-hydrogen) atoms. The minimum Gasteiger partial charge on any atom is -0.322 e. The van der Waals surface area contributed by atoms with Gasteiger partial charge in [-0.25, -0.2) is 9.88 Å². The Morgan fingerprint density at radius 3 is 2.61 bits per heavy atom. The van der Waals surface area contributed by atoms with Gasteiger partial charge in [-0.1, -0.05) is 29.8 Å². The van der Waals surface area contributed by atoms with E-state index in [1.54, 1.807) is 32.0 Å². The van der Waals surface area contributed by atoms with Gasteiger partial charge < -0.3 is 4.98 Å². The zero-order chi connectivity index (χ0) is 21.9. The maximum atomic E-state index is 13.2. The predicted molar refractivity (Wildman–Crippen MR) is 117 cm³/mol. The van der Waals surface area contributed by atoms with E-state index in [2.05, 4.69) is 15.1 Å². The van der Waals surface area contributed by atoms with Crippen molar-refractivity contribution in [2.45, 2.75) is 26.2 Å². The number of carbonyl (C=O) groups excluding carboxylic acids is 2. The minimum absolute atomic E-state index is 0.0845. The third-order valence-corrected chi connectivity index (χ3v) is 6.09. The number of hydrogen-bond acceptors (Lipinski definition) is 4. The summed E-state index contributed by atoms with van der Waals surface area (Å²) < 4.78 is 1.27. The molecule has 1 atom stereocenters. The fourth-order valence-corrected chi connectivity index (χ4v) is 4.28. The number of nitrogens with one attached hydrogen (secondary N) is 2. The SMILES string of the molecule is Cc1[nH]n(-c2nc3ccccc3[nH]2)c(=O)c1C1CC(=O)N(c2cccc(Cl)c2C)C1=O. The molecule has 0 spiro atoms. The van der Waals surface area contributed by atoms with Gasteiger partial charge in [-0.3, -0.25) is 19.5 Å². The maximum Gasteiger partial charge on any atom is 0.278 e. The molecule has 0 aliphatic carbocycles. The van der Waals surface area contributed by atoms with Gasteiger partial charge in [0.15, 0.2) is 0 Å². The topological polar surface area (TPSA) is 104 Å². The molecule has 2 aromatic heterocycles. The van der Waals surface area contributed by atoms with E-state index in [0.29, 0.717) is 33.4 Å². The smallest absolute Gasteiger partial charge is 0.278 e. The Kier molecular flexibility index (Phi) is 4.33. The molecule has 5 rings (SSSR count). The summed E-state index contributed by atoms with van der Waals surface area (Å²) in [4.78, 5) is 47.9. The Bertz CT molecular complexity index is 1400. The average molecular weight is 436 g/mol. The van der Waals surface area contributed by atoms with E-state index in [9.17, 15) is 14.4 Å². The van der Waals surface area contributed by atoms with E-state index in [1.807, 2.05) is 24.3 Å². The molecule has 1 fully saturated rings. The molecule has 3 heterocycles. The monoisotopic (exact) mass is 435 g/mol. The molecule has 0 radical (unpaired) electrons. The Labute approximate surface area is 181 Å². The van der Waals surface area contributed by atoms with Gasteiger partial charge in [0, 0.05) is 17.1 Å². The number of nitrogens with zero attached hydrogens (tertiary/aromatic N) is 3. The Morgan fingerprint density at radius 2 is 1.84 bits per heavy atom. The highest BCUT2D eigenvalue weighted by atomic mass is 35.5. The number of halogens is 1. The van der Waals surface area contributed by atoms with Crippen molar-refractivity contribution in [1.29, 1.82) is 0 Å². The van der Waals surface area contributed by atoms with Crippen molar-refractivity contribution in [1.82, 2.24) is 19.7 Å². The van der Waals surface area contributed by atoms with Crippen molar-refractivity contribution in [3.8, 4) is 5.95 Å². The van der Waals surface area contributed by atoms with Gasteiger partial charge in [0.25, 0.3) is 5.56 Å². The number of aryl methyl sites for hydroxylation is 1. The Balaban J connectivity index is 1.57. The average Bonchev–Trinajstić information content (AvgIpc) is 3.38. The fourth-order valence-electron chi connectivity index (χ4n) is 4.11. The highest BCUT2D eigenvalue weighted by Gasteiger charge is 2.43. The second kappa shape index (κ2) is 6.95. The van der Waals surface area contributed by atoms with Crippen LogP contribution in [-0.2, 0) is 9.59 Å². The molecule has 2 aromatic carbocycles. The maximum absolute atomic E-state index is 13.2. The Hall–Kier alpha value is -3.65. The van der Waals surface area contributed by atoms with Crippen LogP contribution in [0.2, 0.25) is 5.02 Å². The fraction of sp³-hybridized carbons (Fsp3) is 0.182. The summed E-state index contributed by atoms with van der Waals surface area (Å²) in [5, 5.41) is 3.45.